The van der Waals surface area contributed by atoms with Crippen LogP contribution in [0.3, 0.4) is 0 Å². The molecule has 0 saturated carbocycles. The number of rotatable bonds is 5. The molecule has 0 aliphatic carbocycles. The van der Waals surface area contributed by atoms with Crippen molar-refractivity contribution in [1.82, 2.24) is 0 Å². The van der Waals surface area contributed by atoms with E-state index in [-0.39, 0.29) is 13.2 Å². The Morgan fingerprint density at radius 2 is 1.86 bits per heavy atom. The molecule has 80 valence electrons. The minimum absolute atomic E-state index is 0.0413. The lowest BCUT2D eigenvalue weighted by Gasteiger charge is -2.14. The summed E-state index contributed by atoms with van der Waals surface area (Å²) in [6.07, 6.45) is 1.05. The van der Waals surface area contributed by atoms with Crippen molar-refractivity contribution in [2.24, 2.45) is 0 Å². The van der Waals surface area contributed by atoms with E-state index >= 15 is 0 Å². The summed E-state index contributed by atoms with van der Waals surface area (Å²) >= 11 is 3.14. The fraction of sp³-hybridized carbons (Fsp3) is 0.556. The van der Waals surface area contributed by atoms with E-state index in [9.17, 15) is 9.59 Å². The molecule has 0 radical (unpaired) electrons. The first-order valence-electron chi connectivity index (χ1n) is 4.03. The van der Waals surface area contributed by atoms with Crippen LogP contribution in [0.4, 0.5) is 0 Å². The number of ether oxygens (including phenoxy) is 2. The Morgan fingerprint density at radius 1 is 1.36 bits per heavy atom. The van der Waals surface area contributed by atoms with Crippen molar-refractivity contribution in [3.05, 3.63) is 12.7 Å². The molecule has 0 atom stereocenters. The van der Waals surface area contributed by atoms with E-state index in [0.29, 0.717) is 0 Å². The van der Waals surface area contributed by atoms with Crippen LogP contribution in [0.15, 0.2) is 12.7 Å². The summed E-state index contributed by atoms with van der Waals surface area (Å²) in [7, 11) is 0. The SMILES string of the molecule is C=CC(=O)OCCOC(=O)C(C)(C)Br. The Labute approximate surface area is 91.4 Å². The monoisotopic (exact) mass is 264 g/mol. The average Bonchev–Trinajstić information content (AvgIpc) is 2.09. The third kappa shape index (κ3) is 5.75. The fourth-order valence-corrected chi connectivity index (χ4v) is 0.622. The van der Waals surface area contributed by atoms with Gasteiger partial charge in [-0.1, -0.05) is 22.5 Å². The number of carbonyl (C=O) groups is 2. The van der Waals surface area contributed by atoms with Gasteiger partial charge in [-0.15, -0.1) is 0 Å². The van der Waals surface area contributed by atoms with E-state index in [1.807, 2.05) is 0 Å². The number of hydrogen-bond acceptors (Lipinski definition) is 4. The van der Waals surface area contributed by atoms with Gasteiger partial charge in [0.15, 0.2) is 0 Å². The zero-order chi connectivity index (χ0) is 11.2. The number of hydrogen-bond donors (Lipinski definition) is 0. The zero-order valence-corrected chi connectivity index (χ0v) is 9.80. The van der Waals surface area contributed by atoms with E-state index in [0.717, 1.165) is 6.08 Å². The van der Waals surface area contributed by atoms with Crippen LogP contribution in [0.2, 0.25) is 0 Å². The predicted molar refractivity (Wildman–Crippen MR) is 55.1 cm³/mol. The Bertz CT molecular complexity index is 229. The second-order valence-electron chi connectivity index (χ2n) is 2.98. The molecule has 0 aromatic heterocycles. The Morgan fingerprint density at radius 3 is 2.29 bits per heavy atom. The van der Waals surface area contributed by atoms with Crippen LogP contribution in [-0.2, 0) is 19.1 Å². The van der Waals surface area contributed by atoms with Crippen molar-refractivity contribution in [1.29, 1.82) is 0 Å². The molecule has 5 heteroatoms. The van der Waals surface area contributed by atoms with Gasteiger partial charge in [-0.2, -0.15) is 0 Å². The van der Waals surface area contributed by atoms with Gasteiger partial charge in [0, 0.05) is 6.08 Å². The van der Waals surface area contributed by atoms with Gasteiger partial charge in [-0.25, -0.2) is 4.79 Å². The van der Waals surface area contributed by atoms with E-state index in [1.54, 1.807) is 13.8 Å². The molecule has 0 unspecified atom stereocenters. The molecule has 0 amide bonds. The van der Waals surface area contributed by atoms with Gasteiger partial charge in [0.25, 0.3) is 0 Å². The van der Waals surface area contributed by atoms with Crippen LogP contribution >= 0.6 is 15.9 Å². The molecule has 0 fully saturated rings. The second kappa shape index (κ2) is 5.80. The molecule has 4 nitrogen and oxygen atoms in total. The molecule has 0 spiro atoms. The minimum Gasteiger partial charge on any atom is -0.461 e. The molecule has 0 N–H and O–H groups in total. The highest BCUT2D eigenvalue weighted by Crippen LogP contribution is 2.17. The van der Waals surface area contributed by atoms with Crippen LogP contribution in [0.25, 0.3) is 0 Å². The lowest BCUT2D eigenvalue weighted by molar-refractivity contribution is -0.150. The molecule has 0 saturated heterocycles. The van der Waals surface area contributed by atoms with Gasteiger partial charge in [0.1, 0.15) is 17.5 Å². The van der Waals surface area contributed by atoms with Crippen molar-refractivity contribution in [2.45, 2.75) is 18.2 Å². The van der Waals surface area contributed by atoms with E-state index in [1.165, 1.54) is 0 Å². The molecule has 0 aromatic rings. The molecule has 0 aliphatic rings. The van der Waals surface area contributed by atoms with Crippen molar-refractivity contribution in [3.63, 3.8) is 0 Å². The van der Waals surface area contributed by atoms with Crippen LogP contribution in [-0.4, -0.2) is 29.5 Å². The lowest BCUT2D eigenvalue weighted by atomic mass is 10.2. The largest absolute Gasteiger partial charge is 0.461 e. The van der Waals surface area contributed by atoms with Crippen LogP contribution < -0.4 is 0 Å². The van der Waals surface area contributed by atoms with Crippen molar-refractivity contribution in [2.75, 3.05) is 13.2 Å². The maximum Gasteiger partial charge on any atom is 0.330 e. The van der Waals surface area contributed by atoms with Gasteiger partial charge in [-0.05, 0) is 13.8 Å². The van der Waals surface area contributed by atoms with Gasteiger partial charge in [0.05, 0.1) is 0 Å². The molecule has 14 heavy (non-hydrogen) atoms. The zero-order valence-electron chi connectivity index (χ0n) is 8.21. The highest BCUT2D eigenvalue weighted by atomic mass is 79.9. The Kier molecular flexibility index (Phi) is 5.45. The first kappa shape index (κ1) is 13.2. The molecule has 0 aliphatic heterocycles. The summed E-state index contributed by atoms with van der Waals surface area (Å²) in [6, 6.07) is 0. The summed E-state index contributed by atoms with van der Waals surface area (Å²) in [5.41, 5.74) is 0. The molecular formula is C9H13BrO4. The predicted octanol–water partition coefficient (Wildman–Crippen LogP) is 1.43. The summed E-state index contributed by atoms with van der Waals surface area (Å²) in [5, 5.41) is 0. The van der Waals surface area contributed by atoms with E-state index in [2.05, 4.69) is 27.2 Å². The number of halogens is 1. The van der Waals surface area contributed by atoms with E-state index < -0.39 is 16.3 Å². The summed E-state index contributed by atoms with van der Waals surface area (Å²) in [5.74, 6) is -0.925. The Balaban J connectivity index is 3.61. The van der Waals surface area contributed by atoms with Crippen LogP contribution in [0, 0.1) is 0 Å². The third-order valence-corrected chi connectivity index (χ3v) is 1.54. The molecule has 0 rings (SSSR count). The highest BCUT2D eigenvalue weighted by molar-refractivity contribution is 9.10. The summed E-state index contributed by atoms with van der Waals surface area (Å²) < 4.78 is 8.70. The third-order valence-electron chi connectivity index (χ3n) is 1.21. The maximum absolute atomic E-state index is 11.1. The van der Waals surface area contributed by atoms with Crippen molar-refractivity contribution in [3.8, 4) is 0 Å². The average molecular weight is 265 g/mol. The lowest BCUT2D eigenvalue weighted by Crippen LogP contribution is -2.28. The van der Waals surface area contributed by atoms with Crippen LogP contribution in [0.5, 0.6) is 0 Å². The van der Waals surface area contributed by atoms with Crippen LogP contribution in [0.1, 0.15) is 13.8 Å². The van der Waals surface area contributed by atoms with Gasteiger partial charge < -0.3 is 9.47 Å². The number of carbonyl (C=O) groups excluding carboxylic acids is 2. The van der Waals surface area contributed by atoms with Gasteiger partial charge >= 0.3 is 11.9 Å². The number of esters is 2. The highest BCUT2D eigenvalue weighted by Gasteiger charge is 2.25. The maximum atomic E-state index is 11.1. The van der Waals surface area contributed by atoms with Gasteiger partial charge in [0.2, 0.25) is 0 Å². The molecular weight excluding hydrogens is 252 g/mol. The summed E-state index contributed by atoms with van der Waals surface area (Å²) in [4.78, 5) is 21.7. The first-order chi connectivity index (χ1) is 6.38. The normalized spacial score (nSPS) is 10.5. The molecule has 0 heterocycles. The minimum atomic E-state index is -0.713. The van der Waals surface area contributed by atoms with Gasteiger partial charge in [-0.3, -0.25) is 4.79 Å². The Hall–Kier alpha value is -0.840. The van der Waals surface area contributed by atoms with E-state index in [4.69, 9.17) is 4.74 Å². The summed E-state index contributed by atoms with van der Waals surface area (Å²) in [6.45, 7) is 6.66. The fourth-order valence-electron chi connectivity index (χ4n) is 0.507. The smallest absolute Gasteiger partial charge is 0.330 e. The molecule has 0 bridgehead atoms. The topological polar surface area (TPSA) is 52.6 Å². The first-order valence-corrected chi connectivity index (χ1v) is 4.82. The van der Waals surface area contributed by atoms with Crippen molar-refractivity contribution >= 4 is 27.9 Å². The quantitative estimate of drug-likeness (QED) is 0.326. The molecule has 0 aromatic carbocycles. The standard InChI is InChI=1S/C9H13BrO4/c1-4-7(11)13-5-6-14-8(12)9(2,3)10/h4H,1,5-6H2,2-3H3. The number of alkyl halides is 1. The second-order valence-corrected chi connectivity index (χ2v) is 4.96. The van der Waals surface area contributed by atoms with Crippen molar-refractivity contribution < 1.29 is 19.1 Å².